The van der Waals surface area contributed by atoms with E-state index in [-0.39, 0.29) is 11.7 Å². The Bertz CT molecular complexity index is 969. The van der Waals surface area contributed by atoms with Gasteiger partial charge in [0.2, 0.25) is 0 Å². The van der Waals surface area contributed by atoms with Gasteiger partial charge in [0.05, 0.1) is 22.8 Å². The normalized spacial score (nSPS) is 22.1. The summed E-state index contributed by atoms with van der Waals surface area (Å²) in [6.07, 6.45) is 1.66. The fourth-order valence-electron chi connectivity index (χ4n) is 4.08. The highest BCUT2D eigenvalue weighted by Crippen LogP contribution is 2.30. The van der Waals surface area contributed by atoms with Gasteiger partial charge in [-0.1, -0.05) is 0 Å². The molecule has 1 aromatic carbocycles. The van der Waals surface area contributed by atoms with Crippen LogP contribution < -0.4 is 5.32 Å². The van der Waals surface area contributed by atoms with Gasteiger partial charge < -0.3 is 15.3 Å². The second kappa shape index (κ2) is 5.81. The molecule has 2 unspecified atom stereocenters. The van der Waals surface area contributed by atoms with Crippen LogP contribution in [0.15, 0.2) is 36.5 Å². The molecule has 2 aromatic heterocycles. The lowest BCUT2D eigenvalue weighted by Gasteiger charge is -2.18. The van der Waals surface area contributed by atoms with Crippen molar-refractivity contribution in [3.63, 3.8) is 0 Å². The molecule has 0 spiro atoms. The SMILES string of the molecule is O=C(c1cc(-c2ccc(O)cc2)nc2[nH]ncc12)N1CC2CNCC2C1. The number of pyridine rings is 1. The lowest BCUT2D eigenvalue weighted by Crippen LogP contribution is -2.32. The van der Waals surface area contributed by atoms with Crippen LogP contribution in [0.25, 0.3) is 22.3 Å². The van der Waals surface area contributed by atoms with Crippen molar-refractivity contribution in [2.45, 2.75) is 0 Å². The number of rotatable bonds is 2. The molecule has 5 rings (SSSR count). The van der Waals surface area contributed by atoms with Gasteiger partial charge in [0.1, 0.15) is 5.75 Å². The zero-order valence-electron chi connectivity index (χ0n) is 14.1. The number of aromatic amines is 1. The molecule has 7 nitrogen and oxygen atoms in total. The molecule has 132 valence electrons. The lowest BCUT2D eigenvalue weighted by atomic mass is 10.0. The molecule has 0 saturated carbocycles. The maximum Gasteiger partial charge on any atom is 0.254 e. The maximum absolute atomic E-state index is 13.2. The van der Waals surface area contributed by atoms with Crippen LogP contribution in [0.2, 0.25) is 0 Å². The number of amides is 1. The Labute approximate surface area is 150 Å². The number of phenols is 1. The van der Waals surface area contributed by atoms with Crippen LogP contribution in [0.1, 0.15) is 10.4 Å². The topological polar surface area (TPSA) is 94.1 Å². The summed E-state index contributed by atoms with van der Waals surface area (Å²) in [5.41, 5.74) is 2.75. The summed E-state index contributed by atoms with van der Waals surface area (Å²) in [6, 6.07) is 8.65. The highest BCUT2D eigenvalue weighted by molar-refractivity contribution is 6.06. The quantitative estimate of drug-likeness (QED) is 0.654. The fraction of sp³-hybridized carbons (Fsp3) is 0.316. The number of likely N-dealkylation sites (tertiary alicyclic amines) is 1. The van der Waals surface area contributed by atoms with Crippen LogP contribution in [0.4, 0.5) is 0 Å². The molecule has 0 aliphatic carbocycles. The first kappa shape index (κ1) is 15.3. The van der Waals surface area contributed by atoms with Crippen LogP contribution >= 0.6 is 0 Å². The van der Waals surface area contributed by atoms with Crippen molar-refractivity contribution >= 4 is 16.9 Å². The number of hydrogen-bond donors (Lipinski definition) is 3. The van der Waals surface area contributed by atoms with E-state index in [1.165, 1.54) is 0 Å². The first-order valence-electron chi connectivity index (χ1n) is 8.82. The number of carbonyl (C=O) groups is 1. The monoisotopic (exact) mass is 349 g/mol. The van der Waals surface area contributed by atoms with E-state index in [1.807, 2.05) is 11.0 Å². The van der Waals surface area contributed by atoms with E-state index in [0.29, 0.717) is 28.7 Å². The van der Waals surface area contributed by atoms with Gasteiger partial charge in [0.15, 0.2) is 5.65 Å². The van der Waals surface area contributed by atoms with Crippen molar-refractivity contribution < 1.29 is 9.90 Å². The minimum Gasteiger partial charge on any atom is -0.508 e. The average molecular weight is 349 g/mol. The molecule has 2 atom stereocenters. The fourth-order valence-corrected chi connectivity index (χ4v) is 4.08. The number of carbonyl (C=O) groups excluding carboxylic acids is 1. The van der Waals surface area contributed by atoms with E-state index < -0.39 is 0 Å². The lowest BCUT2D eigenvalue weighted by molar-refractivity contribution is 0.0783. The van der Waals surface area contributed by atoms with Crippen molar-refractivity contribution in [2.75, 3.05) is 26.2 Å². The summed E-state index contributed by atoms with van der Waals surface area (Å²) in [6.45, 7) is 3.58. The Kier molecular flexibility index (Phi) is 3.43. The van der Waals surface area contributed by atoms with E-state index in [0.717, 1.165) is 37.1 Å². The average Bonchev–Trinajstić information content (AvgIpc) is 3.36. The Morgan fingerprint density at radius 2 is 1.88 bits per heavy atom. The Morgan fingerprint density at radius 1 is 1.15 bits per heavy atom. The number of benzene rings is 1. The van der Waals surface area contributed by atoms with Crippen molar-refractivity contribution in [2.24, 2.45) is 11.8 Å². The van der Waals surface area contributed by atoms with Gasteiger partial charge >= 0.3 is 0 Å². The highest BCUT2D eigenvalue weighted by atomic mass is 16.3. The highest BCUT2D eigenvalue weighted by Gasteiger charge is 2.38. The van der Waals surface area contributed by atoms with Crippen LogP contribution in [-0.2, 0) is 0 Å². The number of nitrogens with one attached hydrogen (secondary N) is 2. The summed E-state index contributed by atoms with van der Waals surface area (Å²) < 4.78 is 0. The second-order valence-electron chi connectivity index (χ2n) is 7.12. The predicted octanol–water partition coefficient (Wildman–Crippen LogP) is 1.62. The molecule has 2 aliphatic rings. The third-order valence-corrected chi connectivity index (χ3v) is 5.49. The van der Waals surface area contributed by atoms with Gasteiger partial charge in [0.25, 0.3) is 5.91 Å². The maximum atomic E-state index is 13.2. The van der Waals surface area contributed by atoms with Gasteiger partial charge in [-0.2, -0.15) is 5.10 Å². The number of aromatic hydroxyl groups is 1. The molecule has 3 aromatic rings. The summed E-state index contributed by atoms with van der Waals surface area (Å²) in [4.78, 5) is 19.8. The molecule has 0 bridgehead atoms. The van der Waals surface area contributed by atoms with E-state index in [1.54, 1.807) is 30.5 Å². The summed E-state index contributed by atoms with van der Waals surface area (Å²) in [7, 11) is 0. The molecule has 3 N–H and O–H groups in total. The molecule has 0 radical (unpaired) electrons. The van der Waals surface area contributed by atoms with E-state index in [4.69, 9.17) is 0 Å². The van der Waals surface area contributed by atoms with Crippen LogP contribution in [0.5, 0.6) is 5.75 Å². The van der Waals surface area contributed by atoms with Gasteiger partial charge in [-0.05, 0) is 42.2 Å². The number of hydrogen-bond acceptors (Lipinski definition) is 5. The molecular formula is C19H19N5O2. The van der Waals surface area contributed by atoms with Crippen LogP contribution in [-0.4, -0.2) is 57.3 Å². The molecule has 1 amide bonds. The molecule has 2 fully saturated rings. The molecule has 2 aliphatic heterocycles. The number of nitrogens with zero attached hydrogens (tertiary/aromatic N) is 3. The minimum absolute atomic E-state index is 0.0354. The van der Waals surface area contributed by atoms with Gasteiger partial charge in [-0.25, -0.2) is 4.98 Å². The summed E-state index contributed by atoms with van der Waals surface area (Å²) in [5.74, 6) is 1.34. The first-order chi connectivity index (χ1) is 12.7. The van der Waals surface area contributed by atoms with Crippen molar-refractivity contribution in [3.05, 3.63) is 42.1 Å². The number of phenolic OH excluding ortho intramolecular Hbond substituents is 1. The third kappa shape index (κ3) is 2.43. The molecule has 7 heteroatoms. The Morgan fingerprint density at radius 3 is 2.62 bits per heavy atom. The molecule has 26 heavy (non-hydrogen) atoms. The largest absolute Gasteiger partial charge is 0.508 e. The molecular weight excluding hydrogens is 330 g/mol. The standard InChI is InChI=1S/C19H19N5O2/c25-14-3-1-11(2-4-14)17-5-15(16-8-21-23-18(16)22-17)19(26)24-9-12-6-20-7-13(12)10-24/h1-5,8,12-13,20,25H,6-7,9-10H2,(H,21,22,23). The second-order valence-corrected chi connectivity index (χ2v) is 7.12. The van der Waals surface area contributed by atoms with Crippen LogP contribution in [0, 0.1) is 11.8 Å². The molecule has 2 saturated heterocycles. The zero-order valence-corrected chi connectivity index (χ0v) is 14.1. The predicted molar refractivity (Wildman–Crippen MR) is 96.7 cm³/mol. The minimum atomic E-state index is 0.0354. The zero-order chi connectivity index (χ0) is 17.7. The van der Waals surface area contributed by atoms with E-state index in [9.17, 15) is 9.90 Å². The molecule has 4 heterocycles. The smallest absolute Gasteiger partial charge is 0.254 e. The third-order valence-electron chi connectivity index (χ3n) is 5.49. The Hall–Kier alpha value is -2.93. The van der Waals surface area contributed by atoms with Gasteiger partial charge in [-0.3, -0.25) is 9.89 Å². The summed E-state index contributed by atoms with van der Waals surface area (Å²) in [5, 5.41) is 20.6. The van der Waals surface area contributed by atoms with Gasteiger partial charge in [0, 0.05) is 31.7 Å². The van der Waals surface area contributed by atoms with E-state index in [2.05, 4.69) is 20.5 Å². The van der Waals surface area contributed by atoms with Crippen molar-refractivity contribution in [3.8, 4) is 17.0 Å². The number of fused-ring (bicyclic) bond motifs is 2. The summed E-state index contributed by atoms with van der Waals surface area (Å²) >= 11 is 0. The van der Waals surface area contributed by atoms with Crippen molar-refractivity contribution in [1.82, 2.24) is 25.4 Å². The van der Waals surface area contributed by atoms with Gasteiger partial charge in [-0.15, -0.1) is 0 Å². The van der Waals surface area contributed by atoms with E-state index >= 15 is 0 Å². The number of aromatic nitrogens is 3. The van der Waals surface area contributed by atoms with Crippen molar-refractivity contribution in [1.29, 1.82) is 0 Å². The first-order valence-corrected chi connectivity index (χ1v) is 8.82. The van der Waals surface area contributed by atoms with Crippen LogP contribution in [0.3, 0.4) is 0 Å². The number of H-pyrrole nitrogens is 1. The Balaban J connectivity index is 1.55.